The first-order chi connectivity index (χ1) is 11.7. The van der Waals surface area contributed by atoms with Crippen molar-refractivity contribution in [3.05, 3.63) is 16.1 Å². The van der Waals surface area contributed by atoms with Crippen molar-refractivity contribution in [3.63, 3.8) is 0 Å². The highest BCUT2D eigenvalue weighted by atomic mass is 127. The molecule has 1 aliphatic heterocycles. The molecule has 1 aliphatic rings. The van der Waals surface area contributed by atoms with Crippen LogP contribution in [0.5, 0.6) is 0 Å². The Morgan fingerprint density at radius 2 is 2.12 bits per heavy atom. The molecule has 0 amide bonds. The van der Waals surface area contributed by atoms with Crippen molar-refractivity contribution >= 4 is 41.3 Å². The highest BCUT2D eigenvalue weighted by molar-refractivity contribution is 14.0. The van der Waals surface area contributed by atoms with Gasteiger partial charge in [-0.2, -0.15) is 0 Å². The molecule has 1 aromatic rings. The summed E-state index contributed by atoms with van der Waals surface area (Å²) in [6.45, 7) is 13.7. The van der Waals surface area contributed by atoms with Crippen molar-refractivity contribution < 1.29 is 4.74 Å². The average molecular weight is 481 g/mol. The Morgan fingerprint density at radius 3 is 2.76 bits per heavy atom. The molecule has 2 N–H and O–H groups in total. The summed E-state index contributed by atoms with van der Waals surface area (Å²) in [7, 11) is 0. The molecule has 0 atom stereocenters. The van der Waals surface area contributed by atoms with Gasteiger partial charge in [0.05, 0.1) is 30.5 Å². The third-order valence-corrected chi connectivity index (χ3v) is 5.07. The number of aromatic nitrogens is 1. The molecule has 1 fully saturated rings. The Morgan fingerprint density at radius 1 is 1.36 bits per heavy atom. The zero-order valence-electron chi connectivity index (χ0n) is 15.6. The summed E-state index contributed by atoms with van der Waals surface area (Å²) >= 11 is 1.76. The monoisotopic (exact) mass is 481 g/mol. The Bertz CT molecular complexity index is 503. The number of ether oxygens (including phenoxy) is 1. The second kappa shape index (κ2) is 12.8. The molecule has 2 rings (SSSR count). The van der Waals surface area contributed by atoms with Gasteiger partial charge in [-0.1, -0.05) is 13.8 Å². The first-order valence-electron chi connectivity index (χ1n) is 8.95. The number of halogens is 1. The maximum Gasteiger partial charge on any atom is 0.191 e. The van der Waals surface area contributed by atoms with Gasteiger partial charge in [0.15, 0.2) is 5.96 Å². The third kappa shape index (κ3) is 8.65. The minimum atomic E-state index is 0. The summed E-state index contributed by atoms with van der Waals surface area (Å²) in [6.07, 6.45) is 0.928. The van der Waals surface area contributed by atoms with E-state index in [9.17, 15) is 0 Å². The van der Waals surface area contributed by atoms with Crippen LogP contribution in [0.15, 0.2) is 10.4 Å². The maximum absolute atomic E-state index is 5.37. The van der Waals surface area contributed by atoms with Gasteiger partial charge >= 0.3 is 0 Å². The summed E-state index contributed by atoms with van der Waals surface area (Å²) in [5, 5.41) is 10.1. The average Bonchev–Trinajstić information content (AvgIpc) is 3.05. The van der Waals surface area contributed by atoms with Crippen molar-refractivity contribution in [2.45, 2.75) is 33.1 Å². The van der Waals surface area contributed by atoms with E-state index in [1.807, 2.05) is 0 Å². The van der Waals surface area contributed by atoms with Crippen LogP contribution in [-0.4, -0.2) is 68.3 Å². The van der Waals surface area contributed by atoms with E-state index >= 15 is 0 Å². The van der Waals surface area contributed by atoms with Crippen LogP contribution < -0.4 is 10.6 Å². The normalized spacial score (nSPS) is 15.9. The fourth-order valence-corrected chi connectivity index (χ4v) is 3.35. The standard InChI is InChI=1S/C17H31N5OS.HI/c1-4-18-17(20-7-8-22-9-11-23-12-10-22)19-6-5-15-13-24-16(21-15)14(2)3;/h13-14H,4-12H2,1-3H3,(H2,18,19,20);1H. The Labute approximate surface area is 172 Å². The molecule has 8 heteroatoms. The number of nitrogens with zero attached hydrogens (tertiary/aromatic N) is 3. The summed E-state index contributed by atoms with van der Waals surface area (Å²) in [4.78, 5) is 11.7. The molecule has 0 aliphatic carbocycles. The van der Waals surface area contributed by atoms with Gasteiger partial charge in [-0.25, -0.2) is 4.98 Å². The SMILES string of the molecule is CCNC(=NCCN1CCOCC1)NCCc1csc(C(C)C)n1.I. The van der Waals surface area contributed by atoms with Crippen LogP contribution in [0.1, 0.15) is 37.4 Å². The smallest absolute Gasteiger partial charge is 0.191 e. The number of hydrogen-bond donors (Lipinski definition) is 2. The molecule has 0 spiro atoms. The molecule has 0 radical (unpaired) electrons. The maximum atomic E-state index is 5.37. The fraction of sp³-hybridized carbons (Fsp3) is 0.765. The van der Waals surface area contributed by atoms with Gasteiger partial charge in [0.2, 0.25) is 0 Å². The number of thiazole rings is 1. The van der Waals surface area contributed by atoms with E-state index in [4.69, 9.17) is 4.74 Å². The molecular formula is C17H32IN5OS. The lowest BCUT2D eigenvalue weighted by atomic mass is 10.2. The molecule has 6 nitrogen and oxygen atoms in total. The number of nitrogens with one attached hydrogen (secondary N) is 2. The zero-order valence-corrected chi connectivity index (χ0v) is 18.7. The molecule has 1 aromatic heterocycles. The minimum Gasteiger partial charge on any atom is -0.379 e. The minimum absolute atomic E-state index is 0. The summed E-state index contributed by atoms with van der Waals surface area (Å²) in [5.74, 6) is 1.40. The molecule has 0 unspecified atom stereocenters. The van der Waals surface area contributed by atoms with Crippen LogP contribution in [0.25, 0.3) is 0 Å². The van der Waals surface area contributed by atoms with Gasteiger partial charge < -0.3 is 15.4 Å². The fourth-order valence-electron chi connectivity index (χ4n) is 2.48. The molecular weight excluding hydrogens is 449 g/mol. The van der Waals surface area contributed by atoms with E-state index in [2.05, 4.69) is 51.7 Å². The number of rotatable bonds is 8. The largest absolute Gasteiger partial charge is 0.379 e. The molecule has 0 aromatic carbocycles. The van der Waals surface area contributed by atoms with Gasteiger partial charge in [-0.3, -0.25) is 9.89 Å². The van der Waals surface area contributed by atoms with Crippen molar-refractivity contribution in [1.82, 2.24) is 20.5 Å². The molecule has 2 heterocycles. The molecule has 0 bridgehead atoms. The van der Waals surface area contributed by atoms with E-state index in [0.29, 0.717) is 5.92 Å². The van der Waals surface area contributed by atoms with Gasteiger partial charge in [0.1, 0.15) is 0 Å². The highest BCUT2D eigenvalue weighted by Crippen LogP contribution is 2.19. The van der Waals surface area contributed by atoms with Crippen LogP contribution in [0.2, 0.25) is 0 Å². The van der Waals surface area contributed by atoms with Crippen molar-refractivity contribution in [3.8, 4) is 0 Å². The Balaban J connectivity index is 0.00000312. The topological polar surface area (TPSA) is 61.8 Å². The number of guanidine groups is 1. The van der Waals surface area contributed by atoms with Gasteiger partial charge in [-0.15, -0.1) is 35.3 Å². The van der Waals surface area contributed by atoms with Crippen molar-refractivity contribution in [1.29, 1.82) is 0 Å². The quantitative estimate of drug-likeness (QED) is 0.339. The highest BCUT2D eigenvalue weighted by Gasteiger charge is 2.09. The lowest BCUT2D eigenvalue weighted by Crippen LogP contribution is -2.40. The summed E-state index contributed by atoms with van der Waals surface area (Å²) in [5.41, 5.74) is 1.17. The lowest BCUT2D eigenvalue weighted by Gasteiger charge is -2.25. The second-order valence-corrected chi connectivity index (χ2v) is 7.11. The summed E-state index contributed by atoms with van der Waals surface area (Å²) < 4.78 is 5.37. The first-order valence-corrected chi connectivity index (χ1v) is 9.83. The number of hydrogen-bond acceptors (Lipinski definition) is 5. The van der Waals surface area contributed by atoms with E-state index in [-0.39, 0.29) is 24.0 Å². The molecule has 25 heavy (non-hydrogen) atoms. The molecule has 0 saturated carbocycles. The van der Waals surface area contributed by atoms with E-state index in [1.165, 1.54) is 10.7 Å². The zero-order chi connectivity index (χ0) is 17.2. The Kier molecular flexibility index (Phi) is 11.6. The third-order valence-electron chi connectivity index (χ3n) is 3.87. The number of morpholine rings is 1. The van der Waals surface area contributed by atoms with Gasteiger partial charge in [0, 0.05) is 50.4 Å². The van der Waals surface area contributed by atoms with Crippen molar-refractivity contribution in [2.75, 3.05) is 52.5 Å². The predicted octanol–water partition coefficient (Wildman–Crippen LogP) is 2.31. The van der Waals surface area contributed by atoms with Gasteiger partial charge in [0.25, 0.3) is 0 Å². The summed E-state index contributed by atoms with van der Waals surface area (Å²) in [6, 6.07) is 0. The van der Waals surface area contributed by atoms with Crippen LogP contribution in [0, 0.1) is 0 Å². The Hall–Kier alpha value is -0.450. The van der Waals surface area contributed by atoms with Crippen LogP contribution in [0.4, 0.5) is 0 Å². The lowest BCUT2D eigenvalue weighted by molar-refractivity contribution is 0.0394. The van der Waals surface area contributed by atoms with Crippen LogP contribution in [0.3, 0.4) is 0 Å². The molecule has 144 valence electrons. The molecule has 1 saturated heterocycles. The van der Waals surface area contributed by atoms with E-state index in [0.717, 1.165) is 64.9 Å². The first kappa shape index (κ1) is 22.6. The second-order valence-electron chi connectivity index (χ2n) is 6.22. The van der Waals surface area contributed by atoms with Gasteiger partial charge in [-0.05, 0) is 6.92 Å². The number of aliphatic imine (C=N–C) groups is 1. The van der Waals surface area contributed by atoms with E-state index in [1.54, 1.807) is 11.3 Å². The van der Waals surface area contributed by atoms with Crippen LogP contribution >= 0.6 is 35.3 Å². The van der Waals surface area contributed by atoms with Crippen molar-refractivity contribution in [2.24, 2.45) is 4.99 Å². The predicted molar refractivity (Wildman–Crippen MR) is 117 cm³/mol. The van der Waals surface area contributed by atoms with E-state index < -0.39 is 0 Å². The van der Waals surface area contributed by atoms with Crippen LogP contribution in [-0.2, 0) is 11.2 Å².